The molecular formula is C21H15F5N2O3. The van der Waals surface area contributed by atoms with Crippen LogP contribution in [0.5, 0.6) is 11.5 Å². The molecule has 0 aliphatic carbocycles. The van der Waals surface area contributed by atoms with Gasteiger partial charge in [-0.15, -0.1) is 0 Å². The summed E-state index contributed by atoms with van der Waals surface area (Å²) in [6, 6.07) is 7.18. The Morgan fingerprint density at radius 3 is 2.58 bits per heavy atom. The summed E-state index contributed by atoms with van der Waals surface area (Å²) in [5.41, 5.74) is -0.159. The van der Waals surface area contributed by atoms with Gasteiger partial charge in [-0.1, -0.05) is 6.07 Å². The van der Waals surface area contributed by atoms with Gasteiger partial charge in [0.15, 0.2) is 11.5 Å². The number of alkyl halides is 5. The highest BCUT2D eigenvalue weighted by atomic mass is 19.4. The minimum absolute atomic E-state index is 0.0443. The molecule has 1 aliphatic rings. The lowest BCUT2D eigenvalue weighted by Crippen LogP contribution is -2.21. The van der Waals surface area contributed by atoms with Crippen LogP contribution in [0.1, 0.15) is 23.4 Å². The Labute approximate surface area is 172 Å². The van der Waals surface area contributed by atoms with E-state index in [1.807, 2.05) is 0 Å². The average molecular weight is 438 g/mol. The maximum absolute atomic E-state index is 13.0. The number of allylic oxidation sites excluding steroid dienone is 1. The molecule has 4 rings (SSSR count). The second-order valence-electron chi connectivity index (χ2n) is 6.83. The molecule has 0 radical (unpaired) electrons. The molecule has 0 bridgehead atoms. The number of hydrogen-bond donors (Lipinski definition) is 0. The van der Waals surface area contributed by atoms with Crippen LogP contribution in [-0.4, -0.2) is 23.3 Å². The van der Waals surface area contributed by atoms with Crippen molar-refractivity contribution in [1.29, 1.82) is 0 Å². The molecular weight excluding hydrogens is 423 g/mol. The van der Waals surface area contributed by atoms with E-state index >= 15 is 0 Å². The highest BCUT2D eigenvalue weighted by molar-refractivity contribution is 5.85. The summed E-state index contributed by atoms with van der Waals surface area (Å²) in [5.74, 6) is 0.224. The lowest BCUT2D eigenvalue weighted by Gasteiger charge is -2.11. The van der Waals surface area contributed by atoms with Crippen molar-refractivity contribution in [3.63, 3.8) is 0 Å². The van der Waals surface area contributed by atoms with E-state index in [4.69, 9.17) is 4.74 Å². The van der Waals surface area contributed by atoms with Crippen molar-refractivity contribution in [3.8, 4) is 11.5 Å². The van der Waals surface area contributed by atoms with E-state index < -0.39 is 23.9 Å². The van der Waals surface area contributed by atoms with Crippen LogP contribution in [0.3, 0.4) is 0 Å². The first-order valence-corrected chi connectivity index (χ1v) is 9.13. The Bertz CT molecular complexity index is 1250. The zero-order valence-corrected chi connectivity index (χ0v) is 16.0. The predicted molar refractivity (Wildman–Crippen MR) is 103 cm³/mol. The molecule has 162 valence electrons. The van der Waals surface area contributed by atoms with Crippen LogP contribution in [0.15, 0.2) is 41.2 Å². The third kappa shape index (κ3) is 3.97. The Morgan fingerprint density at radius 2 is 1.90 bits per heavy atom. The van der Waals surface area contributed by atoms with Crippen LogP contribution in [0, 0.1) is 0 Å². The molecule has 5 nitrogen and oxygen atoms in total. The number of rotatable bonds is 4. The van der Waals surface area contributed by atoms with Gasteiger partial charge in [0, 0.05) is 6.54 Å². The van der Waals surface area contributed by atoms with Crippen molar-refractivity contribution in [2.24, 2.45) is 0 Å². The summed E-state index contributed by atoms with van der Waals surface area (Å²) in [7, 11) is 1.31. The minimum Gasteiger partial charge on any atom is -0.493 e. The van der Waals surface area contributed by atoms with Gasteiger partial charge in [-0.2, -0.15) is 22.0 Å². The fraction of sp³-hybridized carbons (Fsp3) is 0.238. The van der Waals surface area contributed by atoms with Crippen LogP contribution < -0.4 is 15.0 Å². The summed E-state index contributed by atoms with van der Waals surface area (Å²) in [5, 5.41) is 0.105. The van der Waals surface area contributed by atoms with Crippen LogP contribution >= 0.6 is 0 Å². The number of aromatic nitrogens is 2. The molecule has 1 aliphatic heterocycles. The molecule has 3 aromatic rings. The molecule has 0 N–H and O–H groups in total. The van der Waals surface area contributed by atoms with Crippen molar-refractivity contribution >= 4 is 22.6 Å². The van der Waals surface area contributed by atoms with Crippen molar-refractivity contribution < 1.29 is 31.4 Å². The molecule has 10 heteroatoms. The molecule has 0 atom stereocenters. The van der Waals surface area contributed by atoms with Crippen LogP contribution in [0.2, 0.25) is 0 Å². The number of hydrogen-bond acceptors (Lipinski definition) is 4. The molecule has 0 spiro atoms. The number of fused-ring (bicyclic) bond motifs is 2. The molecule has 0 fully saturated rings. The Morgan fingerprint density at radius 1 is 1.13 bits per heavy atom. The van der Waals surface area contributed by atoms with Gasteiger partial charge in [0.1, 0.15) is 5.82 Å². The first kappa shape index (κ1) is 20.8. The molecule has 0 unspecified atom stereocenters. The topological polar surface area (TPSA) is 53.4 Å². The fourth-order valence-corrected chi connectivity index (χ4v) is 3.50. The van der Waals surface area contributed by atoms with E-state index in [0.29, 0.717) is 24.1 Å². The van der Waals surface area contributed by atoms with Crippen LogP contribution in [0.25, 0.3) is 22.6 Å². The number of halogens is 5. The fourth-order valence-electron chi connectivity index (χ4n) is 3.50. The Hall–Kier alpha value is -3.43. The number of nitrogens with zero attached hydrogens (tertiary/aromatic N) is 2. The number of methoxy groups -OCH3 is 1. The molecule has 2 aromatic carbocycles. The third-order valence-electron chi connectivity index (χ3n) is 4.92. The largest absolute Gasteiger partial charge is 0.493 e. The van der Waals surface area contributed by atoms with Gasteiger partial charge in [-0.3, -0.25) is 9.36 Å². The molecule has 0 amide bonds. The SMILES string of the molecule is COc1cc(C=C2CCn3c2nc2cc(C(F)(F)F)ccc2c3=O)ccc1OC(F)F. The first-order chi connectivity index (χ1) is 14.7. The quantitative estimate of drug-likeness (QED) is 0.540. The van der Waals surface area contributed by atoms with Crippen molar-refractivity contribution in [2.45, 2.75) is 25.8 Å². The Balaban J connectivity index is 1.78. The number of ether oxygens (including phenoxy) is 2. The van der Waals surface area contributed by atoms with E-state index in [0.717, 1.165) is 18.2 Å². The highest BCUT2D eigenvalue weighted by Crippen LogP contribution is 2.34. The van der Waals surface area contributed by atoms with Crippen molar-refractivity contribution in [1.82, 2.24) is 9.55 Å². The predicted octanol–water partition coefficient (Wildman–Crippen LogP) is 4.97. The van der Waals surface area contributed by atoms with Crippen molar-refractivity contribution in [2.75, 3.05) is 7.11 Å². The normalized spacial score (nSPS) is 15.0. The summed E-state index contributed by atoms with van der Waals surface area (Å²) in [4.78, 5) is 17.0. The lowest BCUT2D eigenvalue weighted by molar-refractivity contribution is -0.137. The lowest BCUT2D eigenvalue weighted by atomic mass is 10.1. The van der Waals surface area contributed by atoms with E-state index in [-0.39, 0.29) is 28.2 Å². The average Bonchev–Trinajstić information content (AvgIpc) is 3.10. The van der Waals surface area contributed by atoms with Gasteiger partial charge in [-0.05, 0) is 54.0 Å². The first-order valence-electron chi connectivity index (χ1n) is 9.13. The number of benzene rings is 2. The van der Waals surface area contributed by atoms with Gasteiger partial charge in [-0.25, -0.2) is 4.98 Å². The van der Waals surface area contributed by atoms with E-state index in [1.165, 1.54) is 29.9 Å². The Kier molecular flexibility index (Phi) is 5.16. The molecule has 31 heavy (non-hydrogen) atoms. The molecule has 0 saturated heterocycles. The third-order valence-corrected chi connectivity index (χ3v) is 4.92. The van der Waals surface area contributed by atoms with Crippen LogP contribution in [0.4, 0.5) is 22.0 Å². The van der Waals surface area contributed by atoms with E-state index in [2.05, 4.69) is 9.72 Å². The highest BCUT2D eigenvalue weighted by Gasteiger charge is 2.31. The van der Waals surface area contributed by atoms with Gasteiger partial charge in [0.2, 0.25) is 0 Å². The van der Waals surface area contributed by atoms with Gasteiger partial charge < -0.3 is 9.47 Å². The maximum atomic E-state index is 13.0. The zero-order chi connectivity index (χ0) is 22.3. The van der Waals surface area contributed by atoms with Gasteiger partial charge in [0.25, 0.3) is 5.56 Å². The van der Waals surface area contributed by atoms with Crippen LogP contribution in [-0.2, 0) is 12.7 Å². The molecule has 0 saturated carbocycles. The summed E-state index contributed by atoms with van der Waals surface area (Å²) < 4.78 is 75.0. The van der Waals surface area contributed by atoms with E-state index in [9.17, 15) is 26.7 Å². The second-order valence-corrected chi connectivity index (χ2v) is 6.83. The van der Waals surface area contributed by atoms with Gasteiger partial charge in [0.05, 0.1) is 23.6 Å². The molecule has 1 aromatic heterocycles. The maximum Gasteiger partial charge on any atom is 0.416 e. The summed E-state index contributed by atoms with van der Waals surface area (Å²) >= 11 is 0. The zero-order valence-electron chi connectivity index (χ0n) is 16.0. The second kappa shape index (κ2) is 7.68. The standard InChI is InChI=1S/C21H15F5N2O3/c1-30-17-9-11(2-5-16(17)31-20(22)23)8-12-6-7-28-18(12)27-15-10-13(21(24,25)26)3-4-14(15)19(28)29/h2-5,8-10,20H,6-7H2,1H3. The summed E-state index contributed by atoms with van der Waals surface area (Å²) in [6.07, 6.45) is -2.44. The molecule has 2 heterocycles. The van der Waals surface area contributed by atoms with E-state index in [1.54, 1.807) is 6.08 Å². The van der Waals surface area contributed by atoms with Gasteiger partial charge >= 0.3 is 12.8 Å². The van der Waals surface area contributed by atoms with Crippen molar-refractivity contribution in [3.05, 3.63) is 63.7 Å². The monoisotopic (exact) mass is 438 g/mol. The summed E-state index contributed by atoms with van der Waals surface area (Å²) in [6.45, 7) is -2.68. The minimum atomic E-state index is -4.55. The smallest absolute Gasteiger partial charge is 0.416 e.